The van der Waals surface area contributed by atoms with Gasteiger partial charge in [-0.1, -0.05) is 164 Å². The monoisotopic (exact) mass is 637 g/mol. The molecule has 234 valence electrons. The van der Waals surface area contributed by atoms with E-state index in [2.05, 4.69) is 182 Å². The summed E-state index contributed by atoms with van der Waals surface area (Å²) < 4.78 is 2.02. The van der Waals surface area contributed by atoms with Crippen molar-refractivity contribution in [3.8, 4) is 39.2 Å². The Balaban J connectivity index is 1.38. The lowest BCUT2D eigenvalue weighted by atomic mass is 9.65. The molecule has 0 unspecified atom stereocenters. The Morgan fingerprint density at radius 2 is 0.900 bits per heavy atom. The molecule has 9 aromatic rings. The van der Waals surface area contributed by atoms with Gasteiger partial charge in [0.1, 0.15) is 5.69 Å². The second-order valence-electron chi connectivity index (χ2n) is 13.0. The van der Waals surface area contributed by atoms with Crippen molar-refractivity contribution in [2.45, 2.75) is 5.41 Å². The lowest BCUT2D eigenvalue weighted by Gasteiger charge is -2.37. The van der Waals surface area contributed by atoms with Gasteiger partial charge >= 0.3 is 0 Å². The van der Waals surface area contributed by atoms with Crippen LogP contribution < -0.4 is 0 Å². The lowest BCUT2D eigenvalue weighted by molar-refractivity contribution is 0.746. The van der Waals surface area contributed by atoms with Crippen LogP contribution in [-0.2, 0) is 5.41 Å². The highest BCUT2D eigenvalue weighted by Crippen LogP contribution is 2.51. The Labute approximate surface area is 290 Å². The fraction of sp³-hybridized carbons (Fsp3) is 0.0213. The van der Waals surface area contributed by atoms with Crippen LogP contribution in [0.4, 0.5) is 0 Å². The van der Waals surface area contributed by atoms with Gasteiger partial charge in [-0.3, -0.25) is 0 Å². The van der Waals surface area contributed by atoms with E-state index in [1.165, 1.54) is 44.5 Å². The van der Waals surface area contributed by atoms with E-state index >= 15 is 0 Å². The zero-order chi connectivity index (χ0) is 33.1. The molecule has 2 aromatic heterocycles. The summed E-state index contributed by atoms with van der Waals surface area (Å²) in [6, 6.07) is 67.4. The molecule has 10 rings (SSSR count). The van der Waals surface area contributed by atoms with E-state index < -0.39 is 5.41 Å². The van der Waals surface area contributed by atoms with E-state index in [1.807, 2.05) is 10.7 Å². The van der Waals surface area contributed by atoms with Gasteiger partial charge in [0.2, 0.25) is 0 Å². The highest BCUT2D eigenvalue weighted by atomic mass is 15.3. The minimum atomic E-state index is -0.579. The average Bonchev–Trinajstić information content (AvgIpc) is 3.52. The van der Waals surface area contributed by atoms with E-state index in [4.69, 9.17) is 10.1 Å². The number of fused-ring (bicyclic) bond motifs is 7. The van der Waals surface area contributed by atoms with E-state index in [0.717, 1.165) is 38.9 Å². The van der Waals surface area contributed by atoms with Crippen LogP contribution >= 0.6 is 0 Å². The summed E-state index contributed by atoms with van der Waals surface area (Å²) in [4.78, 5) is 5.45. The summed E-state index contributed by atoms with van der Waals surface area (Å²) in [6.45, 7) is 0. The maximum Gasteiger partial charge on any atom is 0.164 e. The molecule has 0 aliphatic heterocycles. The molecule has 0 N–H and O–H groups in total. The number of hydrogen-bond acceptors (Lipinski definition) is 2. The van der Waals surface area contributed by atoms with E-state index in [0.29, 0.717) is 0 Å². The van der Waals surface area contributed by atoms with Crippen molar-refractivity contribution >= 4 is 21.9 Å². The molecule has 3 heteroatoms. The summed E-state index contributed by atoms with van der Waals surface area (Å²) in [5.41, 5.74) is 13.8. The van der Waals surface area contributed by atoms with Crippen LogP contribution in [-0.4, -0.2) is 14.8 Å². The fourth-order valence-corrected chi connectivity index (χ4v) is 8.20. The molecule has 0 bridgehead atoms. The van der Waals surface area contributed by atoms with Crippen LogP contribution in [0.5, 0.6) is 0 Å². The summed E-state index contributed by atoms with van der Waals surface area (Å²) in [6.07, 6.45) is 0. The molecule has 3 nitrogen and oxygen atoms in total. The van der Waals surface area contributed by atoms with Crippen molar-refractivity contribution in [2.24, 2.45) is 0 Å². The maximum atomic E-state index is 5.45. The van der Waals surface area contributed by atoms with Crippen molar-refractivity contribution in [1.29, 1.82) is 0 Å². The molecule has 0 atom stereocenters. The van der Waals surface area contributed by atoms with Gasteiger partial charge in [0, 0.05) is 16.5 Å². The van der Waals surface area contributed by atoms with Gasteiger partial charge in [0.15, 0.2) is 5.65 Å². The van der Waals surface area contributed by atoms with Crippen LogP contribution in [0, 0.1) is 0 Å². The molecule has 0 amide bonds. The van der Waals surface area contributed by atoms with Crippen LogP contribution in [0.25, 0.3) is 61.1 Å². The summed E-state index contributed by atoms with van der Waals surface area (Å²) in [5.74, 6) is 0. The van der Waals surface area contributed by atoms with Gasteiger partial charge in [-0.25, -0.2) is 9.67 Å². The third-order valence-corrected chi connectivity index (χ3v) is 10.3. The van der Waals surface area contributed by atoms with Gasteiger partial charge in [-0.05, 0) is 63.2 Å². The molecule has 50 heavy (non-hydrogen) atoms. The Morgan fingerprint density at radius 1 is 0.420 bits per heavy atom. The summed E-state index contributed by atoms with van der Waals surface area (Å²) >= 11 is 0. The average molecular weight is 638 g/mol. The van der Waals surface area contributed by atoms with Crippen LogP contribution in [0.3, 0.4) is 0 Å². The number of nitrogens with zero attached hydrogens (tertiary/aromatic N) is 3. The first-order chi connectivity index (χ1) is 24.8. The third-order valence-electron chi connectivity index (χ3n) is 10.3. The maximum absolute atomic E-state index is 5.45. The number of aromatic nitrogens is 3. The topological polar surface area (TPSA) is 30.7 Å². The number of rotatable bonds is 5. The molecule has 2 heterocycles. The Bertz CT molecular complexity index is 2580. The minimum absolute atomic E-state index is 0.579. The van der Waals surface area contributed by atoms with Crippen molar-refractivity contribution < 1.29 is 0 Å². The Hall–Kier alpha value is -6.58. The highest BCUT2D eigenvalue weighted by molar-refractivity contribution is 6.19. The molecule has 0 saturated heterocycles. The minimum Gasteiger partial charge on any atom is -0.228 e. The molecule has 0 fully saturated rings. The Kier molecular flexibility index (Phi) is 6.40. The predicted octanol–water partition coefficient (Wildman–Crippen LogP) is 11.3. The van der Waals surface area contributed by atoms with Gasteiger partial charge < -0.3 is 0 Å². The van der Waals surface area contributed by atoms with E-state index in [-0.39, 0.29) is 0 Å². The Morgan fingerprint density at radius 3 is 1.48 bits per heavy atom. The molecular formula is C47H31N3. The smallest absolute Gasteiger partial charge is 0.164 e. The number of hydrogen-bond donors (Lipinski definition) is 0. The third kappa shape index (κ3) is 4.10. The zero-order valence-electron chi connectivity index (χ0n) is 27.2. The first-order valence-electron chi connectivity index (χ1n) is 17.1. The number of para-hydroxylation sites is 1. The second-order valence-corrected chi connectivity index (χ2v) is 13.0. The number of pyridine rings is 1. The van der Waals surface area contributed by atoms with Crippen molar-refractivity contribution in [1.82, 2.24) is 14.8 Å². The summed E-state index contributed by atoms with van der Waals surface area (Å²) in [5, 5.41) is 7.54. The van der Waals surface area contributed by atoms with Gasteiger partial charge in [0.25, 0.3) is 0 Å². The molecule has 0 spiro atoms. The quantitative estimate of drug-likeness (QED) is 0.176. The standard InChI is InChI=1S/C47H31N3/c1-5-17-32(18-6-1)47(33-19-7-2-8-20-33,34-21-9-3-10-22-34)35-29-30-42-41(31-35)43-39-27-15-13-25-37(39)38-26-14-16-28-40(38)45-44(43)46(48-42)50(49-45)36-23-11-4-12-24-36/h1-31H. The van der Waals surface area contributed by atoms with Gasteiger partial charge in [-0.2, -0.15) is 5.10 Å². The molecule has 0 radical (unpaired) electrons. The molecule has 1 aliphatic rings. The summed E-state index contributed by atoms with van der Waals surface area (Å²) in [7, 11) is 0. The first-order valence-corrected chi connectivity index (χ1v) is 17.1. The van der Waals surface area contributed by atoms with Crippen molar-refractivity contribution in [3.05, 3.63) is 210 Å². The lowest BCUT2D eigenvalue weighted by Crippen LogP contribution is -2.31. The van der Waals surface area contributed by atoms with E-state index in [9.17, 15) is 0 Å². The highest BCUT2D eigenvalue weighted by Gasteiger charge is 2.39. The molecular weight excluding hydrogens is 607 g/mol. The normalized spacial score (nSPS) is 12.0. The van der Waals surface area contributed by atoms with Gasteiger partial charge in [0.05, 0.1) is 22.0 Å². The van der Waals surface area contributed by atoms with Crippen LogP contribution in [0.15, 0.2) is 188 Å². The first kappa shape index (κ1) is 28.4. The zero-order valence-corrected chi connectivity index (χ0v) is 27.2. The van der Waals surface area contributed by atoms with Crippen LogP contribution in [0.1, 0.15) is 22.3 Å². The van der Waals surface area contributed by atoms with Crippen molar-refractivity contribution in [2.75, 3.05) is 0 Å². The molecule has 1 aliphatic carbocycles. The van der Waals surface area contributed by atoms with E-state index in [1.54, 1.807) is 0 Å². The molecule has 7 aromatic carbocycles. The number of benzene rings is 7. The predicted molar refractivity (Wildman–Crippen MR) is 205 cm³/mol. The van der Waals surface area contributed by atoms with Crippen molar-refractivity contribution in [3.63, 3.8) is 0 Å². The molecule has 0 saturated carbocycles. The fourth-order valence-electron chi connectivity index (χ4n) is 8.20. The van der Waals surface area contributed by atoms with Gasteiger partial charge in [-0.15, -0.1) is 0 Å². The largest absolute Gasteiger partial charge is 0.228 e. The van der Waals surface area contributed by atoms with Crippen LogP contribution in [0.2, 0.25) is 0 Å². The second kappa shape index (κ2) is 11.3. The SMILES string of the molecule is c1ccc(-n2nc3c4c(c5cc(C(c6ccccc6)(c6ccccc6)c6ccccc6)ccc5nc42)-c2ccccc2-c2ccccc2-3)cc1.